The van der Waals surface area contributed by atoms with E-state index in [0.717, 1.165) is 70.2 Å². The van der Waals surface area contributed by atoms with Crippen molar-refractivity contribution in [1.29, 1.82) is 0 Å². The molecule has 1 aromatic heterocycles. The van der Waals surface area contributed by atoms with Gasteiger partial charge in [0.25, 0.3) is 0 Å². The van der Waals surface area contributed by atoms with E-state index in [-0.39, 0.29) is 6.61 Å². The third kappa shape index (κ3) is 6.41. The molecule has 9 nitrogen and oxygen atoms in total. The number of hydrogen-bond donors (Lipinski definition) is 3. The largest absolute Gasteiger partial charge is 0.493 e. The van der Waals surface area contributed by atoms with Crippen LogP contribution in [0, 0.1) is 0 Å². The lowest BCUT2D eigenvalue weighted by Crippen LogP contribution is -2.40. The topological polar surface area (TPSA) is 98.8 Å². The van der Waals surface area contributed by atoms with Crippen molar-refractivity contribution in [1.82, 2.24) is 30.3 Å². The number of nitrogens with one attached hydrogen (secondary N) is 2. The Morgan fingerprint density at radius 2 is 2.00 bits per heavy atom. The first kappa shape index (κ1) is 23.0. The second kappa shape index (κ2) is 11.6. The van der Waals surface area contributed by atoms with Gasteiger partial charge in [0, 0.05) is 32.1 Å². The number of benzene rings is 1. The summed E-state index contributed by atoms with van der Waals surface area (Å²) in [7, 11) is 1.66. The molecule has 3 N–H and O–H groups in total. The van der Waals surface area contributed by atoms with Crippen LogP contribution in [0.3, 0.4) is 0 Å². The number of aromatic nitrogens is 3. The summed E-state index contributed by atoms with van der Waals surface area (Å²) < 4.78 is 11.5. The Bertz CT molecular complexity index is 802. The molecule has 2 fully saturated rings. The lowest BCUT2D eigenvalue weighted by atomic mass is 9.96. The number of aliphatic hydroxyl groups excluding tert-OH is 1. The van der Waals surface area contributed by atoms with Gasteiger partial charge in [0.15, 0.2) is 11.5 Å². The third-order valence-electron chi connectivity index (χ3n) is 6.38. The van der Waals surface area contributed by atoms with Gasteiger partial charge in [-0.3, -0.25) is 10.00 Å². The molecule has 0 radical (unpaired) electrons. The first-order valence-electron chi connectivity index (χ1n) is 11.7. The van der Waals surface area contributed by atoms with Crippen molar-refractivity contribution in [2.45, 2.75) is 37.8 Å². The van der Waals surface area contributed by atoms with E-state index in [4.69, 9.17) is 9.47 Å². The highest BCUT2D eigenvalue weighted by atomic mass is 16.5. The highest BCUT2D eigenvalue weighted by Gasteiger charge is 2.24. The second-order valence-electron chi connectivity index (χ2n) is 8.78. The van der Waals surface area contributed by atoms with Gasteiger partial charge in [-0.15, -0.1) is 0 Å². The fraction of sp³-hybridized carbons (Fsp3) is 0.652. The van der Waals surface area contributed by atoms with Crippen molar-refractivity contribution in [2.24, 2.45) is 0 Å². The molecule has 176 valence electrons. The van der Waals surface area contributed by atoms with Crippen LogP contribution >= 0.6 is 0 Å². The van der Waals surface area contributed by atoms with E-state index in [1.807, 2.05) is 12.1 Å². The maximum Gasteiger partial charge on any atom is 0.161 e. The van der Waals surface area contributed by atoms with E-state index in [2.05, 4.69) is 36.4 Å². The minimum absolute atomic E-state index is 0.246. The van der Waals surface area contributed by atoms with Crippen LogP contribution in [-0.4, -0.2) is 95.7 Å². The van der Waals surface area contributed by atoms with Crippen molar-refractivity contribution in [3.05, 3.63) is 35.9 Å². The molecule has 32 heavy (non-hydrogen) atoms. The maximum absolute atomic E-state index is 10.5. The van der Waals surface area contributed by atoms with E-state index in [1.165, 1.54) is 12.0 Å². The molecule has 4 rings (SSSR count). The van der Waals surface area contributed by atoms with Crippen LogP contribution in [0.1, 0.15) is 36.6 Å². The number of aliphatic hydroxyl groups is 1. The number of rotatable bonds is 9. The summed E-state index contributed by atoms with van der Waals surface area (Å²) in [6.45, 7) is 7.92. The number of hydrogen-bond acceptors (Lipinski definition) is 8. The fourth-order valence-electron chi connectivity index (χ4n) is 4.58. The monoisotopic (exact) mass is 444 g/mol. The van der Waals surface area contributed by atoms with Gasteiger partial charge >= 0.3 is 0 Å². The molecule has 0 bridgehead atoms. The van der Waals surface area contributed by atoms with Gasteiger partial charge in [-0.1, -0.05) is 6.07 Å². The Kier molecular flexibility index (Phi) is 8.33. The van der Waals surface area contributed by atoms with E-state index in [1.54, 1.807) is 13.4 Å². The molecule has 1 unspecified atom stereocenters. The van der Waals surface area contributed by atoms with Crippen molar-refractivity contribution >= 4 is 0 Å². The van der Waals surface area contributed by atoms with E-state index in [0.29, 0.717) is 18.2 Å². The number of H-pyrrole nitrogens is 1. The molecule has 2 aliphatic heterocycles. The summed E-state index contributed by atoms with van der Waals surface area (Å²) in [6, 6.07) is 6.10. The highest BCUT2D eigenvalue weighted by Crippen LogP contribution is 2.29. The predicted molar refractivity (Wildman–Crippen MR) is 122 cm³/mol. The van der Waals surface area contributed by atoms with Crippen LogP contribution in [0.5, 0.6) is 11.5 Å². The maximum atomic E-state index is 10.5. The molecule has 2 aliphatic rings. The number of β-amino-alcohol motifs (C(OH)–C–C–N with tert-alkyl or cyclic N) is 1. The normalized spacial score (nSPS) is 20.1. The zero-order valence-corrected chi connectivity index (χ0v) is 19.0. The van der Waals surface area contributed by atoms with Crippen LogP contribution in [0.15, 0.2) is 24.5 Å². The standard InChI is InChI=1S/C23H36N6O3/c1-31-22-13-18(14-28-9-2-7-24-8-12-28)3-4-21(22)32-16-20(30)15-29-10-5-19(6-11-29)23-25-17-26-27-23/h3-4,13,17,19-20,24,30H,2,5-12,14-16H2,1H3,(H,25,26,27). The molecule has 0 aliphatic carbocycles. The Morgan fingerprint density at radius 1 is 1.12 bits per heavy atom. The van der Waals surface area contributed by atoms with Gasteiger partial charge in [0.1, 0.15) is 24.9 Å². The predicted octanol–water partition coefficient (Wildman–Crippen LogP) is 1.23. The van der Waals surface area contributed by atoms with Crippen molar-refractivity contribution < 1.29 is 14.6 Å². The number of likely N-dealkylation sites (tertiary alicyclic amines) is 1. The summed E-state index contributed by atoms with van der Waals surface area (Å²) in [4.78, 5) is 9.03. The first-order chi connectivity index (χ1) is 15.7. The minimum Gasteiger partial charge on any atom is -0.493 e. The average Bonchev–Trinajstić information content (AvgIpc) is 3.24. The van der Waals surface area contributed by atoms with Crippen molar-refractivity contribution in [3.8, 4) is 11.5 Å². The van der Waals surface area contributed by atoms with Gasteiger partial charge in [0.05, 0.1) is 7.11 Å². The summed E-state index contributed by atoms with van der Waals surface area (Å²) >= 11 is 0. The molecule has 1 atom stereocenters. The van der Waals surface area contributed by atoms with E-state index < -0.39 is 6.10 Å². The second-order valence-corrected chi connectivity index (χ2v) is 8.78. The van der Waals surface area contributed by atoms with Gasteiger partial charge in [-0.2, -0.15) is 5.10 Å². The van der Waals surface area contributed by atoms with Crippen molar-refractivity contribution in [2.75, 3.05) is 59.5 Å². The quantitative estimate of drug-likeness (QED) is 0.531. The molecule has 9 heteroatoms. The highest BCUT2D eigenvalue weighted by molar-refractivity contribution is 5.43. The van der Waals surface area contributed by atoms with E-state index >= 15 is 0 Å². The summed E-state index contributed by atoms with van der Waals surface area (Å²) in [5, 5.41) is 20.9. The number of piperidine rings is 1. The van der Waals surface area contributed by atoms with Crippen LogP contribution in [0.2, 0.25) is 0 Å². The lowest BCUT2D eigenvalue weighted by molar-refractivity contribution is 0.0582. The molecule has 0 spiro atoms. The number of aromatic amines is 1. The molecule has 0 amide bonds. The SMILES string of the molecule is COc1cc(CN2CCCNCC2)ccc1OCC(O)CN1CCC(c2ncn[nH]2)CC1. The zero-order chi connectivity index (χ0) is 22.2. The number of ether oxygens (including phenoxy) is 2. The van der Waals surface area contributed by atoms with Crippen LogP contribution in [0.25, 0.3) is 0 Å². The Balaban J connectivity index is 1.23. The first-order valence-corrected chi connectivity index (χ1v) is 11.7. The molecular weight excluding hydrogens is 408 g/mol. The summed E-state index contributed by atoms with van der Waals surface area (Å²) in [5.41, 5.74) is 1.21. The van der Waals surface area contributed by atoms with Gasteiger partial charge in [-0.25, -0.2) is 4.98 Å². The van der Waals surface area contributed by atoms with Crippen LogP contribution in [-0.2, 0) is 6.54 Å². The van der Waals surface area contributed by atoms with Gasteiger partial charge in [0.2, 0.25) is 0 Å². The van der Waals surface area contributed by atoms with Crippen LogP contribution in [0.4, 0.5) is 0 Å². The average molecular weight is 445 g/mol. The Labute approximate surface area is 190 Å². The fourth-order valence-corrected chi connectivity index (χ4v) is 4.58. The summed E-state index contributed by atoms with van der Waals surface area (Å²) in [6.07, 6.45) is 4.23. The summed E-state index contributed by atoms with van der Waals surface area (Å²) in [5.74, 6) is 2.79. The van der Waals surface area contributed by atoms with E-state index in [9.17, 15) is 5.11 Å². The Hall–Kier alpha value is -2.20. The molecule has 1 aromatic carbocycles. The van der Waals surface area contributed by atoms with Gasteiger partial charge in [-0.05, 0) is 63.1 Å². The molecule has 0 saturated carbocycles. The lowest BCUT2D eigenvalue weighted by Gasteiger charge is -2.32. The zero-order valence-electron chi connectivity index (χ0n) is 19.0. The van der Waals surface area contributed by atoms with Gasteiger partial charge < -0.3 is 24.8 Å². The molecule has 3 heterocycles. The number of methoxy groups -OCH3 is 1. The molecule has 2 saturated heterocycles. The molecular formula is C23H36N6O3. The molecule has 2 aromatic rings. The minimum atomic E-state index is -0.550. The smallest absolute Gasteiger partial charge is 0.161 e. The van der Waals surface area contributed by atoms with Crippen molar-refractivity contribution in [3.63, 3.8) is 0 Å². The Morgan fingerprint density at radius 3 is 2.78 bits per heavy atom. The number of nitrogens with zero attached hydrogens (tertiary/aromatic N) is 4. The van der Waals surface area contributed by atoms with Crippen LogP contribution < -0.4 is 14.8 Å². The third-order valence-corrected chi connectivity index (χ3v) is 6.38.